The second kappa shape index (κ2) is 7.86. The molecule has 112 valence electrons. The number of unbranched alkanes of at least 4 members (excludes halogenated alkanes) is 3. The number of anilines is 1. The Morgan fingerprint density at radius 3 is 2.20 bits per heavy atom. The third-order valence-electron chi connectivity index (χ3n) is 2.79. The molecule has 6 nitrogen and oxygen atoms in total. The standard InChI is InChI=1S/C13H19NO5S/c15-13(16)11-5-7-12(8-6-11)14-9-3-1-2-4-10-20(17,18)19/h5-8,14H,1-4,9-10H2,(H,15,16)(H,17,18,19). The highest BCUT2D eigenvalue weighted by Crippen LogP contribution is 2.10. The number of nitrogens with one attached hydrogen (secondary N) is 1. The van der Waals surface area contributed by atoms with Crippen molar-refractivity contribution in [1.82, 2.24) is 0 Å². The van der Waals surface area contributed by atoms with E-state index in [1.54, 1.807) is 12.1 Å². The third kappa shape index (κ3) is 7.10. The Balaban J connectivity index is 2.14. The summed E-state index contributed by atoms with van der Waals surface area (Å²) in [6.45, 7) is 0.734. The van der Waals surface area contributed by atoms with Crippen molar-refractivity contribution in [2.75, 3.05) is 17.6 Å². The van der Waals surface area contributed by atoms with Crippen LogP contribution in [-0.2, 0) is 10.1 Å². The first kappa shape index (κ1) is 16.5. The van der Waals surface area contributed by atoms with Crippen LogP contribution in [0.25, 0.3) is 0 Å². The van der Waals surface area contributed by atoms with Crippen LogP contribution in [0.5, 0.6) is 0 Å². The smallest absolute Gasteiger partial charge is 0.335 e. The maximum atomic E-state index is 10.7. The van der Waals surface area contributed by atoms with Gasteiger partial charge in [0.05, 0.1) is 11.3 Å². The quantitative estimate of drug-likeness (QED) is 0.477. The number of hydrogen-bond donors (Lipinski definition) is 3. The van der Waals surface area contributed by atoms with Gasteiger partial charge in [-0.1, -0.05) is 12.8 Å². The second-order valence-corrected chi connectivity index (χ2v) is 6.08. The molecule has 20 heavy (non-hydrogen) atoms. The summed E-state index contributed by atoms with van der Waals surface area (Å²) in [6, 6.07) is 6.50. The maximum Gasteiger partial charge on any atom is 0.335 e. The van der Waals surface area contributed by atoms with E-state index in [9.17, 15) is 13.2 Å². The minimum Gasteiger partial charge on any atom is -0.478 e. The average molecular weight is 301 g/mol. The Bertz CT molecular complexity index is 524. The molecule has 0 bridgehead atoms. The van der Waals surface area contributed by atoms with Gasteiger partial charge in [0, 0.05) is 12.2 Å². The molecule has 1 rings (SSSR count). The van der Waals surface area contributed by atoms with Crippen LogP contribution in [0.4, 0.5) is 5.69 Å². The van der Waals surface area contributed by atoms with Crippen LogP contribution >= 0.6 is 0 Å². The minimum absolute atomic E-state index is 0.183. The average Bonchev–Trinajstić information content (AvgIpc) is 2.37. The van der Waals surface area contributed by atoms with Gasteiger partial charge in [-0.2, -0.15) is 8.42 Å². The van der Waals surface area contributed by atoms with Crippen molar-refractivity contribution in [3.63, 3.8) is 0 Å². The van der Waals surface area contributed by atoms with Crippen LogP contribution in [0.15, 0.2) is 24.3 Å². The molecule has 0 atom stereocenters. The Labute approximate surface area is 118 Å². The van der Waals surface area contributed by atoms with E-state index in [-0.39, 0.29) is 11.3 Å². The summed E-state index contributed by atoms with van der Waals surface area (Å²) < 4.78 is 29.5. The second-order valence-electron chi connectivity index (χ2n) is 4.51. The minimum atomic E-state index is -3.83. The molecule has 0 saturated carbocycles. The molecule has 0 radical (unpaired) electrons. The van der Waals surface area contributed by atoms with Gasteiger partial charge in [-0.25, -0.2) is 4.79 Å². The lowest BCUT2D eigenvalue weighted by Crippen LogP contribution is -2.05. The molecule has 7 heteroatoms. The fourth-order valence-corrected chi connectivity index (χ4v) is 2.30. The van der Waals surface area contributed by atoms with Crippen LogP contribution in [0.2, 0.25) is 0 Å². The molecule has 1 aromatic rings. The number of carboxylic acid groups (broad SMARTS) is 1. The predicted molar refractivity (Wildman–Crippen MR) is 76.8 cm³/mol. The van der Waals surface area contributed by atoms with Gasteiger partial charge in [-0.05, 0) is 37.1 Å². The summed E-state index contributed by atoms with van der Waals surface area (Å²) in [5.74, 6) is -1.13. The summed E-state index contributed by atoms with van der Waals surface area (Å²) in [6.07, 6.45) is 2.97. The summed E-state index contributed by atoms with van der Waals surface area (Å²) in [5, 5.41) is 11.9. The van der Waals surface area contributed by atoms with E-state index in [1.165, 1.54) is 12.1 Å². The van der Waals surface area contributed by atoms with Crippen molar-refractivity contribution >= 4 is 21.8 Å². The zero-order valence-corrected chi connectivity index (χ0v) is 11.9. The van der Waals surface area contributed by atoms with Crippen LogP contribution < -0.4 is 5.32 Å². The van der Waals surface area contributed by atoms with E-state index in [1.807, 2.05) is 0 Å². The van der Waals surface area contributed by atoms with E-state index < -0.39 is 16.1 Å². The summed E-state index contributed by atoms with van der Waals surface area (Å²) >= 11 is 0. The summed E-state index contributed by atoms with van der Waals surface area (Å²) in [4.78, 5) is 10.7. The number of hydrogen-bond acceptors (Lipinski definition) is 4. The van der Waals surface area contributed by atoms with Gasteiger partial charge in [-0.3, -0.25) is 4.55 Å². The van der Waals surface area contributed by atoms with Crippen molar-refractivity contribution in [3.8, 4) is 0 Å². The molecule has 0 fully saturated rings. The van der Waals surface area contributed by atoms with Crippen LogP contribution in [0, 0.1) is 0 Å². The molecule has 0 aliphatic rings. The first-order valence-corrected chi connectivity index (χ1v) is 8.02. The predicted octanol–water partition coefficient (Wildman–Crippen LogP) is 2.24. The summed E-state index contributed by atoms with van der Waals surface area (Å²) in [5.41, 5.74) is 1.11. The third-order valence-corrected chi connectivity index (χ3v) is 3.59. The van der Waals surface area contributed by atoms with Crippen LogP contribution in [-0.4, -0.2) is 36.3 Å². The Morgan fingerprint density at radius 2 is 1.65 bits per heavy atom. The van der Waals surface area contributed by atoms with Gasteiger partial charge in [0.25, 0.3) is 10.1 Å². The van der Waals surface area contributed by atoms with Crippen LogP contribution in [0.1, 0.15) is 36.0 Å². The number of benzene rings is 1. The van der Waals surface area contributed by atoms with E-state index in [2.05, 4.69) is 5.32 Å². The lowest BCUT2D eigenvalue weighted by molar-refractivity contribution is 0.0697. The van der Waals surface area contributed by atoms with Gasteiger partial charge >= 0.3 is 5.97 Å². The van der Waals surface area contributed by atoms with Gasteiger partial charge < -0.3 is 10.4 Å². The molecular formula is C13H19NO5S. The van der Waals surface area contributed by atoms with Crippen molar-refractivity contribution < 1.29 is 22.9 Å². The maximum absolute atomic E-state index is 10.7. The largest absolute Gasteiger partial charge is 0.478 e. The lowest BCUT2D eigenvalue weighted by Gasteiger charge is -2.06. The highest BCUT2D eigenvalue weighted by atomic mass is 32.2. The van der Waals surface area contributed by atoms with Gasteiger partial charge in [0.1, 0.15) is 0 Å². The van der Waals surface area contributed by atoms with Crippen molar-refractivity contribution in [3.05, 3.63) is 29.8 Å². The Hall–Kier alpha value is -1.60. The van der Waals surface area contributed by atoms with E-state index >= 15 is 0 Å². The van der Waals surface area contributed by atoms with Gasteiger partial charge in [0.15, 0.2) is 0 Å². The molecule has 0 saturated heterocycles. The van der Waals surface area contributed by atoms with E-state index in [0.29, 0.717) is 6.42 Å². The first-order valence-electron chi connectivity index (χ1n) is 6.41. The van der Waals surface area contributed by atoms with Crippen molar-refractivity contribution in [2.24, 2.45) is 0 Å². The zero-order chi connectivity index (χ0) is 15.0. The van der Waals surface area contributed by atoms with Gasteiger partial charge in [0.2, 0.25) is 0 Å². The highest BCUT2D eigenvalue weighted by Gasteiger charge is 2.03. The molecule has 0 aliphatic carbocycles. The molecule has 0 heterocycles. The van der Waals surface area contributed by atoms with Crippen molar-refractivity contribution in [2.45, 2.75) is 25.7 Å². The molecular weight excluding hydrogens is 282 g/mol. The topological polar surface area (TPSA) is 104 Å². The fourth-order valence-electron chi connectivity index (χ4n) is 1.73. The first-order chi connectivity index (χ1) is 9.38. The van der Waals surface area contributed by atoms with E-state index in [4.69, 9.17) is 9.66 Å². The zero-order valence-electron chi connectivity index (χ0n) is 11.1. The number of carbonyl (C=O) groups is 1. The van der Waals surface area contributed by atoms with Gasteiger partial charge in [-0.15, -0.1) is 0 Å². The Morgan fingerprint density at radius 1 is 1.05 bits per heavy atom. The number of carboxylic acids is 1. The SMILES string of the molecule is O=C(O)c1ccc(NCCCCCCS(=O)(=O)O)cc1. The lowest BCUT2D eigenvalue weighted by atomic mass is 10.2. The van der Waals surface area contributed by atoms with Crippen LogP contribution in [0.3, 0.4) is 0 Å². The molecule has 1 aromatic carbocycles. The number of aromatic carboxylic acids is 1. The summed E-state index contributed by atoms with van der Waals surface area (Å²) in [7, 11) is -3.83. The monoisotopic (exact) mass is 301 g/mol. The molecule has 3 N–H and O–H groups in total. The molecule has 0 aromatic heterocycles. The normalized spacial score (nSPS) is 11.2. The molecule has 0 aliphatic heterocycles. The molecule has 0 unspecified atom stereocenters. The highest BCUT2D eigenvalue weighted by molar-refractivity contribution is 7.85. The molecule has 0 amide bonds. The number of rotatable bonds is 9. The Kier molecular flexibility index (Phi) is 6.47. The van der Waals surface area contributed by atoms with Crippen molar-refractivity contribution in [1.29, 1.82) is 0 Å². The fraction of sp³-hybridized carbons (Fsp3) is 0.462. The van der Waals surface area contributed by atoms with E-state index in [0.717, 1.165) is 31.5 Å². The molecule has 0 spiro atoms.